The van der Waals surface area contributed by atoms with Crippen molar-refractivity contribution < 1.29 is 22.3 Å². The van der Waals surface area contributed by atoms with Crippen molar-refractivity contribution in [2.45, 2.75) is 4.90 Å². The molecule has 0 heterocycles. The van der Waals surface area contributed by atoms with Crippen molar-refractivity contribution in [3.8, 4) is 0 Å². The molecular weight excluding hydrogens is 247 g/mol. The average Bonchev–Trinajstić information content (AvgIpc) is 2.15. The highest BCUT2D eigenvalue weighted by molar-refractivity contribution is 8.13. The van der Waals surface area contributed by atoms with Gasteiger partial charge in [-0.25, -0.2) is 17.6 Å². The molecule has 7 heteroatoms. The number of hydrogen-bond donors (Lipinski definition) is 0. The molecule has 0 spiro atoms. The molecule has 0 N–H and O–H groups in total. The molecule has 0 atom stereocenters. The van der Waals surface area contributed by atoms with Crippen LogP contribution in [-0.2, 0) is 13.8 Å². The van der Waals surface area contributed by atoms with Crippen LogP contribution in [0.2, 0.25) is 0 Å². The number of benzene rings is 1. The van der Waals surface area contributed by atoms with Crippen LogP contribution in [0, 0.1) is 5.82 Å². The molecule has 0 fully saturated rings. The molecule has 1 aromatic rings. The lowest BCUT2D eigenvalue weighted by Gasteiger charge is -2.02. The summed E-state index contributed by atoms with van der Waals surface area (Å²) < 4.78 is 39.1. The predicted octanol–water partition coefficient (Wildman–Crippen LogP) is 1.54. The molecule has 4 nitrogen and oxygen atoms in total. The number of methoxy groups -OCH3 is 1. The van der Waals surface area contributed by atoms with Crippen molar-refractivity contribution in [3.63, 3.8) is 0 Å². The summed E-state index contributed by atoms with van der Waals surface area (Å²) >= 11 is 0. The van der Waals surface area contributed by atoms with Crippen molar-refractivity contribution in [2.75, 3.05) is 7.11 Å². The van der Waals surface area contributed by atoms with Crippen molar-refractivity contribution in [1.29, 1.82) is 0 Å². The maximum absolute atomic E-state index is 13.0. The van der Waals surface area contributed by atoms with E-state index in [0.29, 0.717) is 0 Å². The SMILES string of the molecule is COC(=O)c1ccc(F)c(S(=O)(=O)Cl)c1. The fraction of sp³-hybridized carbons (Fsp3) is 0.125. The van der Waals surface area contributed by atoms with E-state index in [4.69, 9.17) is 10.7 Å². The molecule has 1 aromatic carbocycles. The standard InChI is InChI=1S/C8H6ClFO4S/c1-14-8(11)5-2-3-6(10)7(4-5)15(9,12)13/h2-4H,1H3. The minimum absolute atomic E-state index is 0.0851. The third kappa shape index (κ3) is 2.66. The Morgan fingerprint density at radius 1 is 1.47 bits per heavy atom. The zero-order valence-electron chi connectivity index (χ0n) is 7.53. The minimum atomic E-state index is -4.21. The largest absolute Gasteiger partial charge is 0.465 e. The third-order valence-corrected chi connectivity index (χ3v) is 2.95. The van der Waals surface area contributed by atoms with E-state index in [9.17, 15) is 17.6 Å². The molecule has 0 unspecified atom stereocenters. The Hall–Kier alpha value is -1.14. The Kier molecular flexibility index (Phi) is 3.31. The summed E-state index contributed by atoms with van der Waals surface area (Å²) in [5, 5.41) is 0. The number of ether oxygens (including phenoxy) is 1. The van der Waals surface area contributed by atoms with Gasteiger partial charge in [-0.1, -0.05) is 0 Å². The number of esters is 1. The molecular formula is C8H6ClFO4S. The molecule has 1 rings (SSSR count). The highest BCUT2D eigenvalue weighted by Crippen LogP contribution is 2.20. The fourth-order valence-corrected chi connectivity index (χ4v) is 1.86. The van der Waals surface area contributed by atoms with Gasteiger partial charge in [0.1, 0.15) is 10.7 Å². The highest BCUT2D eigenvalue weighted by atomic mass is 35.7. The van der Waals surface area contributed by atoms with E-state index in [1.807, 2.05) is 0 Å². The highest BCUT2D eigenvalue weighted by Gasteiger charge is 2.18. The van der Waals surface area contributed by atoms with Gasteiger partial charge in [0.15, 0.2) is 0 Å². The van der Waals surface area contributed by atoms with Crippen molar-refractivity contribution >= 4 is 25.7 Å². The second-order valence-corrected chi connectivity index (χ2v) is 5.11. The lowest BCUT2D eigenvalue weighted by Crippen LogP contribution is -2.04. The number of halogens is 2. The molecule has 0 bridgehead atoms. The molecule has 82 valence electrons. The first-order valence-electron chi connectivity index (χ1n) is 3.69. The van der Waals surface area contributed by atoms with E-state index in [0.717, 1.165) is 25.3 Å². The van der Waals surface area contributed by atoms with Crippen LogP contribution in [0.15, 0.2) is 23.1 Å². The number of rotatable bonds is 2. The molecule has 0 aliphatic rings. The van der Waals surface area contributed by atoms with Crippen LogP contribution in [0.1, 0.15) is 10.4 Å². The Balaban J connectivity index is 3.36. The summed E-state index contributed by atoms with van der Waals surface area (Å²) in [7, 11) is 1.88. The van der Waals surface area contributed by atoms with Gasteiger partial charge in [0.25, 0.3) is 9.05 Å². The molecule has 0 saturated heterocycles. The van der Waals surface area contributed by atoms with Crippen LogP contribution in [0.3, 0.4) is 0 Å². The lowest BCUT2D eigenvalue weighted by atomic mass is 10.2. The van der Waals surface area contributed by atoms with Crippen LogP contribution in [0.25, 0.3) is 0 Å². The Morgan fingerprint density at radius 3 is 2.53 bits per heavy atom. The van der Waals surface area contributed by atoms with E-state index < -0.39 is 25.7 Å². The van der Waals surface area contributed by atoms with Crippen LogP contribution < -0.4 is 0 Å². The summed E-state index contributed by atoms with van der Waals surface area (Å²) in [6, 6.07) is 2.76. The topological polar surface area (TPSA) is 60.4 Å². The quantitative estimate of drug-likeness (QED) is 0.592. The van der Waals surface area contributed by atoms with E-state index in [2.05, 4.69) is 4.74 Å². The smallest absolute Gasteiger partial charge is 0.337 e. The maximum atomic E-state index is 13.0. The van der Waals surface area contributed by atoms with Crippen LogP contribution >= 0.6 is 10.7 Å². The Labute approximate surface area is 90.0 Å². The third-order valence-electron chi connectivity index (χ3n) is 1.61. The monoisotopic (exact) mass is 252 g/mol. The predicted molar refractivity (Wildman–Crippen MR) is 50.8 cm³/mol. The Bertz CT molecular complexity index is 497. The summed E-state index contributed by atoms with van der Waals surface area (Å²) in [5.41, 5.74) is -0.0851. The average molecular weight is 253 g/mol. The van der Waals surface area contributed by atoms with Crippen LogP contribution in [-0.4, -0.2) is 21.5 Å². The Morgan fingerprint density at radius 2 is 2.07 bits per heavy atom. The number of carbonyl (C=O) groups excluding carboxylic acids is 1. The van der Waals surface area contributed by atoms with E-state index in [1.165, 1.54) is 0 Å². The molecule has 0 aliphatic carbocycles. The lowest BCUT2D eigenvalue weighted by molar-refractivity contribution is 0.0600. The first kappa shape index (κ1) is 11.9. The van der Waals surface area contributed by atoms with Gasteiger partial charge in [-0.15, -0.1) is 0 Å². The van der Waals surface area contributed by atoms with Crippen molar-refractivity contribution in [1.82, 2.24) is 0 Å². The van der Waals surface area contributed by atoms with Crippen molar-refractivity contribution in [3.05, 3.63) is 29.6 Å². The van der Waals surface area contributed by atoms with Gasteiger partial charge in [0.05, 0.1) is 12.7 Å². The summed E-state index contributed by atoms with van der Waals surface area (Å²) in [6.07, 6.45) is 0. The fourth-order valence-electron chi connectivity index (χ4n) is 0.935. The van der Waals surface area contributed by atoms with E-state index >= 15 is 0 Å². The second-order valence-electron chi connectivity index (χ2n) is 2.57. The first-order chi connectivity index (χ1) is 6.86. The van der Waals surface area contributed by atoms with E-state index in [-0.39, 0.29) is 5.56 Å². The van der Waals surface area contributed by atoms with Gasteiger partial charge in [0.2, 0.25) is 0 Å². The first-order valence-corrected chi connectivity index (χ1v) is 5.99. The van der Waals surface area contributed by atoms with Gasteiger partial charge in [-0.05, 0) is 18.2 Å². The molecule has 0 radical (unpaired) electrons. The van der Waals surface area contributed by atoms with Gasteiger partial charge in [0, 0.05) is 10.7 Å². The second kappa shape index (κ2) is 4.16. The number of carbonyl (C=O) groups is 1. The van der Waals surface area contributed by atoms with Gasteiger partial charge in [-0.2, -0.15) is 0 Å². The molecule has 15 heavy (non-hydrogen) atoms. The van der Waals surface area contributed by atoms with E-state index in [1.54, 1.807) is 0 Å². The normalized spacial score (nSPS) is 11.1. The molecule has 0 amide bonds. The van der Waals surface area contributed by atoms with Crippen LogP contribution in [0.5, 0.6) is 0 Å². The summed E-state index contributed by atoms with van der Waals surface area (Å²) in [6.45, 7) is 0. The van der Waals surface area contributed by atoms with Gasteiger partial charge >= 0.3 is 5.97 Å². The van der Waals surface area contributed by atoms with Gasteiger partial charge < -0.3 is 4.74 Å². The number of hydrogen-bond acceptors (Lipinski definition) is 4. The summed E-state index contributed by atoms with van der Waals surface area (Å²) in [4.78, 5) is 10.3. The zero-order valence-corrected chi connectivity index (χ0v) is 9.10. The summed E-state index contributed by atoms with van der Waals surface area (Å²) in [5.74, 6) is -1.78. The maximum Gasteiger partial charge on any atom is 0.337 e. The van der Waals surface area contributed by atoms with Gasteiger partial charge in [-0.3, -0.25) is 0 Å². The zero-order chi connectivity index (χ0) is 11.6. The van der Waals surface area contributed by atoms with Crippen LogP contribution in [0.4, 0.5) is 4.39 Å². The molecule has 0 saturated carbocycles. The molecule has 0 aliphatic heterocycles. The van der Waals surface area contributed by atoms with Crippen molar-refractivity contribution in [2.24, 2.45) is 0 Å². The minimum Gasteiger partial charge on any atom is -0.465 e. The molecule has 0 aromatic heterocycles.